The first-order valence-electron chi connectivity index (χ1n) is 19.9. The molecule has 10 nitrogen and oxygen atoms in total. The topological polar surface area (TPSA) is 119 Å². The van der Waals surface area contributed by atoms with Crippen LogP contribution in [-0.2, 0) is 14.3 Å². The molecule has 0 aromatic heterocycles. The van der Waals surface area contributed by atoms with E-state index in [1.54, 1.807) is 18.0 Å². The van der Waals surface area contributed by atoms with Crippen LogP contribution in [0.2, 0.25) is 0 Å². The highest BCUT2D eigenvalue weighted by Crippen LogP contribution is 2.62. The Morgan fingerprint density at radius 1 is 0.964 bits per heavy atom. The molecule has 0 unspecified atom stereocenters. The number of hydrogen-bond donors (Lipinski definition) is 2. The molecule has 10 heteroatoms. The van der Waals surface area contributed by atoms with Gasteiger partial charge in [0.05, 0.1) is 25.3 Å². The summed E-state index contributed by atoms with van der Waals surface area (Å²) in [6.45, 7) is 10.3. The maximum absolute atomic E-state index is 13.4. The van der Waals surface area contributed by atoms with Crippen LogP contribution in [0.15, 0.2) is 102 Å². The standard InChI is InChI=1S/C46H58N2O8/c1-7-27-53-46-41(48(5)44(51)52-6)30-39(47-56-45(2,3)4)37-28-33(17-11-13-25-49)36(18-12-14-26-50)42(43(37)46)38-29-35(23-24-40(38)55-46)54-34-21-19-32(20-22-34)31-15-9-8-10-16-31/h7-10,15-16,19-24,28-29,33,36,41-43,49-50H,1,11-14,17-18,25-27,30H2,2-6H3/t33-,36+,41-,42+,43+,46+/m0/s1. The summed E-state index contributed by atoms with van der Waals surface area (Å²) in [5, 5.41) is 24.5. The highest BCUT2D eigenvalue weighted by atomic mass is 16.7. The number of aliphatic hydroxyl groups excluding tert-OH is 2. The molecular weight excluding hydrogens is 709 g/mol. The van der Waals surface area contributed by atoms with Crippen LogP contribution < -0.4 is 9.47 Å². The minimum atomic E-state index is -1.34. The van der Waals surface area contributed by atoms with Crippen molar-refractivity contribution in [1.82, 2.24) is 4.90 Å². The van der Waals surface area contributed by atoms with Crippen LogP contribution in [0.4, 0.5) is 4.79 Å². The zero-order chi connectivity index (χ0) is 39.9. The van der Waals surface area contributed by atoms with Crippen LogP contribution >= 0.6 is 0 Å². The Hall–Kier alpha value is -4.64. The maximum Gasteiger partial charge on any atom is 0.409 e. The van der Waals surface area contributed by atoms with Gasteiger partial charge in [0, 0.05) is 38.2 Å². The van der Waals surface area contributed by atoms with E-state index in [9.17, 15) is 15.0 Å². The molecule has 0 spiro atoms. The fourth-order valence-corrected chi connectivity index (χ4v) is 8.74. The van der Waals surface area contributed by atoms with Crippen molar-refractivity contribution in [2.24, 2.45) is 22.9 Å². The largest absolute Gasteiger partial charge is 0.459 e. The smallest absolute Gasteiger partial charge is 0.409 e. The summed E-state index contributed by atoms with van der Waals surface area (Å²) >= 11 is 0. The molecule has 0 radical (unpaired) electrons. The van der Waals surface area contributed by atoms with Crippen LogP contribution in [0.1, 0.15) is 77.2 Å². The number of unbranched alkanes of at least 4 members (excludes halogenated alkanes) is 2. The van der Waals surface area contributed by atoms with Crippen LogP contribution in [0.3, 0.4) is 0 Å². The summed E-state index contributed by atoms with van der Waals surface area (Å²) < 4.78 is 25.9. The van der Waals surface area contributed by atoms with Crippen LogP contribution in [0, 0.1) is 17.8 Å². The van der Waals surface area contributed by atoms with Gasteiger partial charge in [-0.1, -0.05) is 72.6 Å². The Labute approximate surface area is 331 Å². The molecule has 1 fully saturated rings. The monoisotopic (exact) mass is 766 g/mol. The van der Waals surface area contributed by atoms with E-state index in [0.29, 0.717) is 36.5 Å². The number of methoxy groups -OCH3 is 1. The summed E-state index contributed by atoms with van der Waals surface area (Å²) in [6, 6.07) is 23.6. The van der Waals surface area contributed by atoms with Crippen molar-refractivity contribution < 1.29 is 38.8 Å². The molecule has 1 aliphatic heterocycles. The zero-order valence-electron chi connectivity index (χ0n) is 33.5. The predicted octanol–water partition coefficient (Wildman–Crippen LogP) is 9.28. The predicted molar refractivity (Wildman–Crippen MR) is 218 cm³/mol. The lowest BCUT2D eigenvalue weighted by Crippen LogP contribution is -2.69. The molecular formula is C46H58N2O8. The minimum absolute atomic E-state index is 0.0933. The van der Waals surface area contributed by atoms with Crippen molar-refractivity contribution in [3.63, 3.8) is 0 Å². The SMILES string of the molecule is C=CCO[C@@]12Oc3ccc(Oc4ccc(-c5ccccc5)cc4)cc3[C@H]3[C@H](CCCCO)[C@@H](CCCCO)C=C(C(=NOC(C)(C)C)C[C@@H]1N(C)C(=O)OC)[C@H]32. The summed E-state index contributed by atoms with van der Waals surface area (Å²) in [6.07, 6.45) is 8.54. The molecule has 56 heavy (non-hydrogen) atoms. The number of hydrogen-bond acceptors (Lipinski definition) is 9. The normalized spacial score (nSPS) is 24.6. The highest BCUT2D eigenvalue weighted by Gasteiger charge is 2.65. The van der Waals surface area contributed by atoms with E-state index in [2.05, 4.69) is 43.0 Å². The number of fused-ring (bicyclic) bond motifs is 2. The first-order valence-corrected chi connectivity index (χ1v) is 19.9. The minimum Gasteiger partial charge on any atom is -0.459 e. The first kappa shape index (κ1) is 41.0. The number of rotatable bonds is 16. The molecule has 3 aromatic rings. The summed E-state index contributed by atoms with van der Waals surface area (Å²) in [4.78, 5) is 21.1. The summed E-state index contributed by atoms with van der Waals surface area (Å²) in [7, 11) is 3.08. The van der Waals surface area contributed by atoms with Crippen molar-refractivity contribution in [3.8, 4) is 28.4 Å². The van der Waals surface area contributed by atoms with Gasteiger partial charge in [0.25, 0.3) is 0 Å². The van der Waals surface area contributed by atoms with Gasteiger partial charge < -0.3 is 38.9 Å². The molecule has 2 N–H and O–H groups in total. The van der Waals surface area contributed by atoms with Crippen LogP contribution in [-0.4, -0.2) is 78.3 Å². The van der Waals surface area contributed by atoms with E-state index >= 15 is 0 Å². The fraction of sp³-hybridized carbons (Fsp3) is 0.478. The lowest BCUT2D eigenvalue weighted by Gasteiger charge is -2.59. The number of ether oxygens (including phenoxy) is 4. The van der Waals surface area contributed by atoms with Crippen molar-refractivity contribution in [1.29, 1.82) is 0 Å². The Balaban J connectivity index is 1.52. The number of allylic oxidation sites excluding steroid dienone is 1. The summed E-state index contributed by atoms with van der Waals surface area (Å²) in [5.41, 5.74) is 4.35. The zero-order valence-corrected chi connectivity index (χ0v) is 33.5. The van der Waals surface area contributed by atoms with E-state index in [4.69, 9.17) is 28.9 Å². The van der Waals surface area contributed by atoms with Crippen molar-refractivity contribution in [2.75, 3.05) is 34.0 Å². The number of oxime groups is 1. The average molecular weight is 767 g/mol. The number of benzene rings is 3. The molecule has 6 atom stereocenters. The molecule has 6 rings (SSSR count). The molecule has 0 saturated heterocycles. The van der Waals surface area contributed by atoms with Crippen molar-refractivity contribution in [3.05, 3.63) is 103 Å². The number of amides is 1. The number of carbonyl (C=O) groups is 1. The van der Waals surface area contributed by atoms with Crippen LogP contribution in [0.5, 0.6) is 17.2 Å². The van der Waals surface area contributed by atoms with Gasteiger partial charge in [0.1, 0.15) is 28.9 Å². The number of aliphatic hydroxyl groups is 2. The molecule has 3 aliphatic rings. The fourth-order valence-electron chi connectivity index (χ4n) is 8.74. The lowest BCUT2D eigenvalue weighted by atomic mass is 9.55. The number of carbonyl (C=O) groups excluding carboxylic acids is 1. The Morgan fingerprint density at radius 3 is 2.30 bits per heavy atom. The van der Waals surface area contributed by atoms with Gasteiger partial charge in [-0.2, -0.15) is 0 Å². The molecule has 1 heterocycles. The van der Waals surface area contributed by atoms with Gasteiger partial charge in [0.15, 0.2) is 0 Å². The second kappa shape index (κ2) is 18.1. The maximum atomic E-state index is 13.4. The van der Waals surface area contributed by atoms with Crippen LogP contribution in [0.25, 0.3) is 11.1 Å². The van der Waals surface area contributed by atoms with Crippen molar-refractivity contribution >= 4 is 11.8 Å². The van der Waals surface area contributed by atoms with E-state index in [0.717, 1.165) is 53.7 Å². The van der Waals surface area contributed by atoms with Gasteiger partial charge in [-0.15, -0.1) is 6.58 Å². The van der Waals surface area contributed by atoms with E-state index in [-0.39, 0.29) is 37.6 Å². The van der Waals surface area contributed by atoms with Gasteiger partial charge in [0.2, 0.25) is 5.79 Å². The molecule has 300 valence electrons. The molecule has 1 amide bonds. The second-order valence-corrected chi connectivity index (χ2v) is 16.0. The Kier molecular flexibility index (Phi) is 13.2. The summed E-state index contributed by atoms with van der Waals surface area (Å²) in [5.74, 6) is 0.310. The highest BCUT2D eigenvalue weighted by molar-refractivity contribution is 6.03. The quantitative estimate of drug-likeness (QED) is 0.0842. The third-order valence-electron chi connectivity index (χ3n) is 11.2. The van der Waals surface area contributed by atoms with Gasteiger partial charge in [-0.25, -0.2) is 4.79 Å². The molecule has 2 aliphatic carbocycles. The van der Waals surface area contributed by atoms with Crippen molar-refractivity contribution in [2.45, 2.75) is 89.1 Å². The number of nitrogens with zero attached hydrogens (tertiary/aromatic N) is 2. The van der Waals surface area contributed by atoms with E-state index < -0.39 is 29.4 Å². The third kappa shape index (κ3) is 8.83. The Morgan fingerprint density at radius 2 is 1.64 bits per heavy atom. The Bertz CT molecular complexity index is 1850. The van der Waals surface area contributed by atoms with Gasteiger partial charge >= 0.3 is 6.09 Å². The average Bonchev–Trinajstić information content (AvgIpc) is 3.20. The van der Waals surface area contributed by atoms with E-state index in [1.165, 1.54) is 7.11 Å². The third-order valence-corrected chi connectivity index (χ3v) is 11.2. The number of likely N-dealkylation sites (N-methyl/N-ethyl adjacent to an activating group) is 1. The van der Waals surface area contributed by atoms with E-state index in [1.807, 2.05) is 63.2 Å². The second-order valence-electron chi connectivity index (χ2n) is 16.0. The molecule has 3 aromatic carbocycles. The molecule has 1 saturated carbocycles. The lowest BCUT2D eigenvalue weighted by molar-refractivity contribution is -0.253. The first-order chi connectivity index (χ1) is 27.0. The molecule has 0 bridgehead atoms. The van der Waals surface area contributed by atoms with Gasteiger partial charge in [-0.05, 0) is 105 Å². The van der Waals surface area contributed by atoms with Gasteiger partial charge in [-0.3, -0.25) is 0 Å².